The molecular weight excluding hydrogens is 574 g/mol. The molecule has 2 rings (SSSR count). The lowest BCUT2D eigenvalue weighted by atomic mass is 9.82. The lowest BCUT2D eigenvalue weighted by molar-refractivity contribution is -0.147. The molecule has 0 aliphatic carbocycles. The van der Waals surface area contributed by atoms with E-state index in [4.69, 9.17) is 15.5 Å². The van der Waals surface area contributed by atoms with Crippen molar-refractivity contribution in [2.45, 2.75) is 57.9 Å². The Kier molecular flexibility index (Phi) is 15.8. The van der Waals surface area contributed by atoms with Gasteiger partial charge < -0.3 is 5.73 Å². The molecule has 6 N–H and O–H groups in total. The largest absolute Gasteiger partial charge is 0.320 e. The minimum Gasteiger partial charge on any atom is -0.320 e. The van der Waals surface area contributed by atoms with E-state index < -0.39 is 45.7 Å². The van der Waals surface area contributed by atoms with Gasteiger partial charge in [-0.05, 0) is 50.3 Å². The number of nitrogens with one attached hydrogen (secondary N) is 2. The van der Waals surface area contributed by atoms with Crippen LogP contribution in [0.3, 0.4) is 0 Å². The van der Waals surface area contributed by atoms with Gasteiger partial charge in [0.2, 0.25) is 11.8 Å². The summed E-state index contributed by atoms with van der Waals surface area (Å²) < 4.78 is 29.6. The van der Waals surface area contributed by atoms with E-state index in [-0.39, 0.29) is 30.2 Å². The van der Waals surface area contributed by atoms with E-state index in [0.717, 1.165) is 16.1 Å². The summed E-state index contributed by atoms with van der Waals surface area (Å²) in [6.45, 7) is 7.12. The minimum atomic E-state index is -4.02. The van der Waals surface area contributed by atoms with Gasteiger partial charge in [0.05, 0.1) is 41.8 Å². The second-order valence-electron chi connectivity index (χ2n) is 10.3. The van der Waals surface area contributed by atoms with E-state index in [2.05, 4.69) is 5.43 Å². The van der Waals surface area contributed by atoms with Crippen molar-refractivity contribution in [2.24, 2.45) is 23.5 Å². The third kappa shape index (κ3) is 13.6. The standard InChI is InChI=1S/C23H33N5O4.C7H8O3S/c1-16(2)15-20(21(29)26-28(14-8-13-24)23(31)17(3)25)19(22(30)27-32)12-7-11-18-9-5-4-6-10-18;1-6-2-4-7(5-3-6)11(8,9)10/h4-7,9-11,16-17,19-20,32H,8,12,14-15,25H2,1-3H3,(H,26,29)(H,27,30);2-5H,1H3,(H,8,9,10)/t17-,19+,20-;/m1./s1. The third-order valence-corrected chi connectivity index (χ3v) is 7.03. The normalized spacial score (nSPS) is 13.2. The van der Waals surface area contributed by atoms with Crippen LogP contribution in [0.5, 0.6) is 0 Å². The first-order valence-electron chi connectivity index (χ1n) is 13.6. The number of benzene rings is 2. The molecule has 12 nitrogen and oxygen atoms in total. The molecule has 2 aromatic rings. The van der Waals surface area contributed by atoms with Crippen molar-refractivity contribution in [1.29, 1.82) is 5.26 Å². The smallest absolute Gasteiger partial charge is 0.294 e. The van der Waals surface area contributed by atoms with Crippen LogP contribution in [0.15, 0.2) is 65.6 Å². The molecule has 0 unspecified atom stereocenters. The van der Waals surface area contributed by atoms with E-state index in [0.29, 0.717) is 6.42 Å². The molecule has 0 saturated heterocycles. The van der Waals surface area contributed by atoms with E-state index in [9.17, 15) is 28.0 Å². The highest BCUT2D eigenvalue weighted by atomic mass is 32.2. The molecule has 0 spiro atoms. The van der Waals surface area contributed by atoms with Crippen LogP contribution in [0.4, 0.5) is 0 Å². The monoisotopic (exact) mass is 615 g/mol. The van der Waals surface area contributed by atoms with Gasteiger partial charge in [-0.1, -0.05) is 74.0 Å². The van der Waals surface area contributed by atoms with E-state index in [1.807, 2.05) is 63.2 Å². The van der Waals surface area contributed by atoms with Crippen molar-refractivity contribution in [3.05, 3.63) is 71.8 Å². The zero-order valence-electron chi connectivity index (χ0n) is 24.8. The molecule has 0 aliphatic heterocycles. The highest BCUT2D eigenvalue weighted by molar-refractivity contribution is 7.85. The fraction of sp³-hybridized carbons (Fsp3) is 0.400. The number of carbonyl (C=O) groups is 3. The predicted molar refractivity (Wildman–Crippen MR) is 161 cm³/mol. The van der Waals surface area contributed by atoms with Gasteiger partial charge >= 0.3 is 0 Å². The van der Waals surface area contributed by atoms with E-state index in [1.165, 1.54) is 19.1 Å². The molecule has 0 radical (unpaired) electrons. The maximum absolute atomic E-state index is 13.2. The average Bonchev–Trinajstić information content (AvgIpc) is 2.96. The Morgan fingerprint density at radius 1 is 1.02 bits per heavy atom. The molecule has 0 fully saturated rings. The van der Waals surface area contributed by atoms with Gasteiger partial charge in [0.25, 0.3) is 16.0 Å². The predicted octanol–water partition coefficient (Wildman–Crippen LogP) is 3.24. The zero-order chi connectivity index (χ0) is 32.6. The number of hydrogen-bond acceptors (Lipinski definition) is 8. The van der Waals surface area contributed by atoms with Crippen LogP contribution in [0.1, 0.15) is 51.2 Å². The summed E-state index contributed by atoms with van der Waals surface area (Å²) in [6.07, 6.45) is 4.16. The maximum atomic E-state index is 13.2. The number of allylic oxidation sites excluding steroid dienone is 1. The number of aryl methyl sites for hydroxylation is 1. The highest BCUT2D eigenvalue weighted by Crippen LogP contribution is 2.25. The van der Waals surface area contributed by atoms with Crippen LogP contribution in [0, 0.1) is 36.0 Å². The Morgan fingerprint density at radius 2 is 1.63 bits per heavy atom. The Bertz CT molecular complexity index is 1360. The molecule has 234 valence electrons. The molecule has 0 heterocycles. The first kappa shape index (κ1) is 36.9. The number of nitrogens with zero attached hydrogens (tertiary/aromatic N) is 2. The number of carbonyl (C=O) groups excluding carboxylic acids is 3. The molecule has 43 heavy (non-hydrogen) atoms. The molecule has 0 aromatic heterocycles. The summed E-state index contributed by atoms with van der Waals surface area (Å²) in [6, 6.07) is 16.5. The Labute approximate surface area is 253 Å². The summed E-state index contributed by atoms with van der Waals surface area (Å²) in [5, 5.41) is 19.2. The third-order valence-electron chi connectivity index (χ3n) is 6.16. The molecule has 13 heteroatoms. The van der Waals surface area contributed by atoms with Crippen LogP contribution < -0.4 is 16.6 Å². The number of nitrogens with two attached hydrogens (primary N) is 1. The van der Waals surface area contributed by atoms with Crippen molar-refractivity contribution in [2.75, 3.05) is 6.54 Å². The summed E-state index contributed by atoms with van der Waals surface area (Å²) in [7, 11) is -4.02. The lowest BCUT2D eigenvalue weighted by Gasteiger charge is -2.30. The van der Waals surface area contributed by atoms with Crippen LogP contribution in [0.25, 0.3) is 6.08 Å². The van der Waals surface area contributed by atoms with Crippen molar-refractivity contribution in [3.8, 4) is 6.07 Å². The Balaban J connectivity index is 0.000000699. The fourth-order valence-electron chi connectivity index (χ4n) is 3.97. The lowest BCUT2D eigenvalue weighted by Crippen LogP contribution is -2.54. The SMILES string of the molecule is CC(C)C[C@@H](C(=O)NN(CCC#N)C(=O)[C@@H](C)N)[C@H](CC=Cc1ccccc1)C(=O)NO.Cc1ccc(S(=O)(=O)O)cc1. The number of hydrogen-bond donors (Lipinski definition) is 5. The molecular formula is C30H41N5O7S. The minimum absolute atomic E-state index is 0.00789. The van der Waals surface area contributed by atoms with Crippen LogP contribution >= 0.6 is 0 Å². The highest BCUT2D eigenvalue weighted by Gasteiger charge is 2.35. The number of rotatable bonds is 12. The Morgan fingerprint density at radius 3 is 2.12 bits per heavy atom. The quantitative estimate of drug-likeness (QED) is 0.135. The van der Waals surface area contributed by atoms with E-state index in [1.54, 1.807) is 23.7 Å². The van der Waals surface area contributed by atoms with Gasteiger partial charge in [0.1, 0.15) is 0 Å². The molecule has 2 aromatic carbocycles. The first-order chi connectivity index (χ1) is 20.2. The molecule has 3 atom stereocenters. The topological polar surface area (TPSA) is 203 Å². The number of nitriles is 1. The Hall–Kier alpha value is -4.09. The molecule has 0 aliphatic rings. The fourth-order valence-corrected chi connectivity index (χ4v) is 4.45. The summed E-state index contributed by atoms with van der Waals surface area (Å²) in [5.41, 5.74) is 11.7. The summed E-state index contributed by atoms with van der Waals surface area (Å²) in [4.78, 5) is 37.9. The van der Waals surface area contributed by atoms with E-state index >= 15 is 0 Å². The van der Waals surface area contributed by atoms with Gasteiger partial charge in [-0.15, -0.1) is 0 Å². The first-order valence-corrected chi connectivity index (χ1v) is 15.1. The molecule has 3 amide bonds. The second-order valence-corrected chi connectivity index (χ2v) is 11.7. The van der Waals surface area contributed by atoms with Crippen molar-refractivity contribution >= 4 is 33.9 Å². The maximum Gasteiger partial charge on any atom is 0.294 e. The van der Waals surface area contributed by atoms with Gasteiger partial charge in [-0.25, -0.2) is 5.48 Å². The number of hydrazine groups is 1. The number of amides is 3. The van der Waals surface area contributed by atoms with Gasteiger partial charge in [-0.2, -0.15) is 13.7 Å². The second kappa shape index (κ2) is 18.4. The van der Waals surface area contributed by atoms with Crippen LogP contribution in [-0.2, 0) is 24.5 Å². The molecule has 0 saturated carbocycles. The number of hydroxylamine groups is 1. The van der Waals surface area contributed by atoms with Gasteiger partial charge in [0, 0.05) is 0 Å². The summed E-state index contributed by atoms with van der Waals surface area (Å²) >= 11 is 0. The van der Waals surface area contributed by atoms with Crippen LogP contribution in [0.2, 0.25) is 0 Å². The summed E-state index contributed by atoms with van der Waals surface area (Å²) in [5.74, 6) is -3.41. The van der Waals surface area contributed by atoms with Crippen LogP contribution in [-0.4, -0.2) is 53.5 Å². The average molecular weight is 616 g/mol. The van der Waals surface area contributed by atoms with Crippen molar-refractivity contribution in [3.63, 3.8) is 0 Å². The van der Waals surface area contributed by atoms with Gasteiger partial charge in [0.15, 0.2) is 0 Å². The molecule has 0 bridgehead atoms. The van der Waals surface area contributed by atoms with Crippen molar-refractivity contribution in [1.82, 2.24) is 15.9 Å². The van der Waals surface area contributed by atoms with Gasteiger partial charge in [-0.3, -0.25) is 34.6 Å². The zero-order valence-corrected chi connectivity index (χ0v) is 25.6. The van der Waals surface area contributed by atoms with Crippen molar-refractivity contribution < 1.29 is 32.6 Å².